The Morgan fingerprint density at radius 2 is 2.00 bits per heavy atom. The average molecular weight is 362 g/mol. The number of rotatable bonds is 4. The van der Waals surface area contributed by atoms with E-state index in [1.54, 1.807) is 24.3 Å². The van der Waals surface area contributed by atoms with Crippen LogP contribution in [0.25, 0.3) is 17.0 Å². The maximum atomic E-state index is 10.8. The lowest BCUT2D eigenvalue weighted by Gasteiger charge is -2.10. The van der Waals surface area contributed by atoms with Crippen LogP contribution in [0.3, 0.4) is 0 Å². The van der Waals surface area contributed by atoms with E-state index in [0.29, 0.717) is 21.5 Å². The van der Waals surface area contributed by atoms with Gasteiger partial charge in [0, 0.05) is 35.3 Å². The third kappa shape index (κ3) is 3.25. The Morgan fingerprint density at radius 3 is 2.71 bits per heavy atom. The number of aryl methyl sites for hydroxylation is 1. The summed E-state index contributed by atoms with van der Waals surface area (Å²) in [4.78, 5) is 10.8. The van der Waals surface area contributed by atoms with E-state index in [2.05, 4.69) is 0 Å². The zero-order chi connectivity index (χ0) is 17.3. The Balaban J connectivity index is 2.12. The molecule has 2 aromatic carbocycles. The van der Waals surface area contributed by atoms with E-state index >= 15 is 0 Å². The third-order valence-corrected chi connectivity index (χ3v) is 4.06. The zero-order valence-electron chi connectivity index (χ0n) is 12.7. The molecule has 0 spiro atoms. The first kappa shape index (κ1) is 16.4. The van der Waals surface area contributed by atoms with Crippen molar-refractivity contribution in [3.63, 3.8) is 0 Å². The minimum Gasteiger partial charge on any atom is -0.478 e. The van der Waals surface area contributed by atoms with Gasteiger partial charge in [-0.2, -0.15) is 0 Å². The van der Waals surface area contributed by atoms with Crippen LogP contribution in [0.5, 0.6) is 11.5 Å². The maximum Gasteiger partial charge on any atom is 0.328 e. The molecule has 1 heterocycles. The molecule has 0 saturated heterocycles. The number of aromatic nitrogens is 1. The predicted molar refractivity (Wildman–Crippen MR) is 96.1 cm³/mol. The van der Waals surface area contributed by atoms with Crippen LogP contribution in [0.1, 0.15) is 5.56 Å². The highest BCUT2D eigenvalue weighted by Gasteiger charge is 2.13. The number of nitrogens with zero attached hydrogens (tertiary/aromatic N) is 1. The van der Waals surface area contributed by atoms with E-state index in [-0.39, 0.29) is 0 Å². The zero-order valence-corrected chi connectivity index (χ0v) is 14.2. The normalized spacial score (nSPS) is 11.3. The molecular weight excluding hydrogens is 349 g/mol. The second-order valence-corrected chi connectivity index (χ2v) is 6.04. The molecule has 1 N–H and O–H groups in total. The first-order valence-corrected chi connectivity index (χ1v) is 7.83. The fourth-order valence-electron chi connectivity index (χ4n) is 2.50. The Kier molecular flexibility index (Phi) is 4.51. The fourth-order valence-corrected chi connectivity index (χ4v) is 2.94. The first-order chi connectivity index (χ1) is 11.5. The highest BCUT2D eigenvalue weighted by Crippen LogP contribution is 2.37. The lowest BCUT2D eigenvalue weighted by molar-refractivity contribution is -0.131. The summed E-state index contributed by atoms with van der Waals surface area (Å²) in [5.41, 5.74) is 1.67. The van der Waals surface area contributed by atoms with Crippen molar-refractivity contribution in [2.45, 2.75) is 0 Å². The van der Waals surface area contributed by atoms with Crippen molar-refractivity contribution in [1.29, 1.82) is 0 Å². The number of aliphatic carboxylic acids is 1. The second-order valence-electron chi connectivity index (χ2n) is 5.19. The van der Waals surface area contributed by atoms with Crippen LogP contribution in [-0.4, -0.2) is 15.6 Å². The largest absolute Gasteiger partial charge is 0.478 e. The van der Waals surface area contributed by atoms with Crippen LogP contribution >= 0.6 is 23.2 Å². The van der Waals surface area contributed by atoms with Gasteiger partial charge in [0.1, 0.15) is 11.5 Å². The molecule has 0 saturated carbocycles. The van der Waals surface area contributed by atoms with Crippen molar-refractivity contribution in [2.75, 3.05) is 0 Å². The summed E-state index contributed by atoms with van der Waals surface area (Å²) in [7, 11) is 1.89. The molecule has 3 rings (SSSR count). The summed E-state index contributed by atoms with van der Waals surface area (Å²) >= 11 is 12.1. The number of fused-ring (bicyclic) bond motifs is 1. The standard InChI is InChI=1S/C18H13Cl2NO3/c1-21-10-11(5-8-17(22)23)18-14(21)3-2-4-16(18)24-15-7-6-12(19)9-13(15)20/h2-10H,1H3,(H,22,23). The third-order valence-electron chi connectivity index (χ3n) is 3.52. The molecule has 0 radical (unpaired) electrons. The van der Waals surface area contributed by atoms with Gasteiger partial charge in [0.05, 0.1) is 10.5 Å². The van der Waals surface area contributed by atoms with Crippen molar-refractivity contribution < 1.29 is 14.6 Å². The lowest BCUT2D eigenvalue weighted by atomic mass is 10.1. The number of hydrogen-bond donors (Lipinski definition) is 1. The molecule has 0 aliphatic rings. The molecule has 0 unspecified atom stereocenters. The highest BCUT2D eigenvalue weighted by molar-refractivity contribution is 6.35. The molecule has 0 bridgehead atoms. The molecule has 24 heavy (non-hydrogen) atoms. The number of carboxylic acids is 1. The predicted octanol–water partition coefficient (Wildman–Crippen LogP) is 5.38. The van der Waals surface area contributed by atoms with Gasteiger partial charge in [0.15, 0.2) is 0 Å². The maximum absolute atomic E-state index is 10.8. The quantitative estimate of drug-likeness (QED) is 0.635. The van der Waals surface area contributed by atoms with Crippen molar-refractivity contribution in [3.8, 4) is 11.5 Å². The van der Waals surface area contributed by atoms with Crippen LogP contribution < -0.4 is 4.74 Å². The number of hydrogen-bond acceptors (Lipinski definition) is 2. The molecule has 1 aromatic heterocycles. The Bertz CT molecular complexity index is 960. The second kappa shape index (κ2) is 6.59. The minimum atomic E-state index is -1.01. The molecule has 0 amide bonds. The van der Waals surface area contributed by atoms with Gasteiger partial charge in [-0.15, -0.1) is 0 Å². The Hall–Kier alpha value is -2.43. The SMILES string of the molecule is Cn1cc(C=CC(=O)O)c2c(Oc3ccc(Cl)cc3Cl)cccc21. The average Bonchev–Trinajstić information content (AvgIpc) is 2.85. The minimum absolute atomic E-state index is 0.401. The van der Waals surface area contributed by atoms with Gasteiger partial charge in [-0.1, -0.05) is 29.3 Å². The number of benzene rings is 2. The number of carbonyl (C=O) groups is 1. The molecule has 3 aromatic rings. The van der Waals surface area contributed by atoms with Crippen molar-refractivity contribution in [3.05, 3.63) is 64.3 Å². The van der Waals surface area contributed by atoms with Crippen molar-refractivity contribution in [2.24, 2.45) is 7.05 Å². The van der Waals surface area contributed by atoms with E-state index < -0.39 is 5.97 Å². The summed E-state index contributed by atoms with van der Waals surface area (Å²) in [6.45, 7) is 0. The fraction of sp³-hybridized carbons (Fsp3) is 0.0556. The van der Waals surface area contributed by atoms with Crippen LogP contribution in [-0.2, 0) is 11.8 Å². The molecule has 0 aliphatic carbocycles. The van der Waals surface area contributed by atoms with E-state index in [9.17, 15) is 4.79 Å². The van der Waals surface area contributed by atoms with Crippen LogP contribution in [0.2, 0.25) is 10.0 Å². The summed E-state index contributed by atoms with van der Waals surface area (Å²) in [5, 5.41) is 10.6. The van der Waals surface area contributed by atoms with Crippen molar-refractivity contribution >= 4 is 46.2 Å². The van der Waals surface area contributed by atoms with Gasteiger partial charge in [-0.3, -0.25) is 0 Å². The molecule has 122 valence electrons. The van der Waals surface area contributed by atoms with Crippen LogP contribution in [0, 0.1) is 0 Å². The Morgan fingerprint density at radius 1 is 1.21 bits per heavy atom. The Labute approximate surface area is 148 Å². The number of carboxylic acid groups (broad SMARTS) is 1. The van der Waals surface area contributed by atoms with E-state index in [1.807, 2.05) is 36.0 Å². The topological polar surface area (TPSA) is 51.5 Å². The molecule has 6 heteroatoms. The van der Waals surface area contributed by atoms with Gasteiger partial charge < -0.3 is 14.4 Å². The number of halogens is 2. The summed E-state index contributed by atoms with van der Waals surface area (Å²) in [6.07, 6.45) is 4.49. The lowest BCUT2D eigenvalue weighted by Crippen LogP contribution is -1.88. The van der Waals surface area contributed by atoms with E-state index in [4.69, 9.17) is 33.0 Å². The summed E-state index contributed by atoms with van der Waals surface area (Å²) in [5.74, 6) is 0.0547. The smallest absolute Gasteiger partial charge is 0.328 e. The molecular formula is C18H13Cl2NO3. The van der Waals surface area contributed by atoms with Gasteiger partial charge in [0.25, 0.3) is 0 Å². The van der Waals surface area contributed by atoms with Crippen LogP contribution in [0.15, 0.2) is 48.7 Å². The molecule has 0 atom stereocenters. The summed E-state index contributed by atoms with van der Waals surface area (Å²) < 4.78 is 7.86. The van der Waals surface area contributed by atoms with Gasteiger partial charge in [-0.05, 0) is 36.4 Å². The van der Waals surface area contributed by atoms with Gasteiger partial charge in [-0.25, -0.2) is 4.79 Å². The highest BCUT2D eigenvalue weighted by atomic mass is 35.5. The molecule has 0 fully saturated rings. The molecule has 0 aliphatic heterocycles. The molecule has 4 nitrogen and oxygen atoms in total. The monoisotopic (exact) mass is 361 g/mol. The van der Waals surface area contributed by atoms with Gasteiger partial charge >= 0.3 is 5.97 Å². The number of ether oxygens (including phenoxy) is 1. The van der Waals surface area contributed by atoms with Gasteiger partial charge in [0.2, 0.25) is 0 Å². The van der Waals surface area contributed by atoms with E-state index in [1.165, 1.54) is 0 Å². The summed E-state index contributed by atoms with van der Waals surface area (Å²) in [6, 6.07) is 10.6. The van der Waals surface area contributed by atoms with Crippen LogP contribution in [0.4, 0.5) is 0 Å². The first-order valence-electron chi connectivity index (χ1n) is 7.07. The van der Waals surface area contributed by atoms with E-state index in [0.717, 1.165) is 22.5 Å². The van der Waals surface area contributed by atoms with Crippen molar-refractivity contribution in [1.82, 2.24) is 4.57 Å².